The van der Waals surface area contributed by atoms with Crippen molar-refractivity contribution in [2.24, 2.45) is 0 Å². The van der Waals surface area contributed by atoms with Crippen molar-refractivity contribution >= 4 is 39.3 Å². The van der Waals surface area contributed by atoms with Crippen LogP contribution in [0.1, 0.15) is 16.1 Å². The summed E-state index contributed by atoms with van der Waals surface area (Å²) in [5.74, 6) is 6.25. The third-order valence-electron chi connectivity index (χ3n) is 4.18. The van der Waals surface area contributed by atoms with Crippen molar-refractivity contribution in [1.29, 1.82) is 0 Å². The van der Waals surface area contributed by atoms with Crippen molar-refractivity contribution in [2.45, 2.75) is 10.9 Å². The van der Waals surface area contributed by atoms with E-state index in [-0.39, 0.29) is 11.3 Å². The van der Waals surface area contributed by atoms with E-state index in [2.05, 4.69) is 4.98 Å². The standard InChI is InChI=1S/C19H15N3O4S2/c1-25-18(24)12-7-8-26-14(12)10-28-19-21-16-15(17(23)22(19)20)13(9-27-16)11-5-3-2-4-6-11/h2-9H,10,20H2,1H3. The molecule has 0 saturated carbocycles. The Morgan fingerprint density at radius 3 is 2.86 bits per heavy atom. The Kier molecular flexibility index (Phi) is 4.93. The third kappa shape index (κ3) is 3.19. The number of carbonyl (C=O) groups excluding carboxylic acids is 1. The molecule has 3 heterocycles. The van der Waals surface area contributed by atoms with Crippen LogP contribution in [0.25, 0.3) is 21.3 Å². The number of hydrogen-bond acceptors (Lipinski definition) is 8. The number of nitrogen functional groups attached to an aromatic ring is 1. The number of hydrogen-bond donors (Lipinski definition) is 1. The van der Waals surface area contributed by atoms with Crippen molar-refractivity contribution in [3.8, 4) is 11.1 Å². The summed E-state index contributed by atoms with van der Waals surface area (Å²) in [5, 5.41) is 2.74. The van der Waals surface area contributed by atoms with Gasteiger partial charge in [0.05, 0.1) is 24.5 Å². The Morgan fingerprint density at radius 2 is 2.11 bits per heavy atom. The van der Waals surface area contributed by atoms with Gasteiger partial charge in [-0.05, 0) is 11.6 Å². The lowest BCUT2D eigenvalue weighted by molar-refractivity contribution is 0.0598. The highest BCUT2D eigenvalue weighted by Crippen LogP contribution is 2.32. The second-order valence-corrected chi connectivity index (χ2v) is 7.60. The predicted molar refractivity (Wildman–Crippen MR) is 109 cm³/mol. The summed E-state index contributed by atoms with van der Waals surface area (Å²) in [4.78, 5) is 29.8. The molecular formula is C19H15N3O4S2. The first-order valence-corrected chi connectivity index (χ1v) is 10.1. The lowest BCUT2D eigenvalue weighted by Gasteiger charge is -2.07. The molecule has 0 atom stereocenters. The molecule has 3 aromatic heterocycles. The summed E-state index contributed by atoms with van der Waals surface area (Å²) < 4.78 is 11.1. The average Bonchev–Trinajstić information content (AvgIpc) is 3.36. The average molecular weight is 413 g/mol. The minimum absolute atomic E-state index is 0.281. The van der Waals surface area contributed by atoms with E-state index in [0.29, 0.717) is 26.7 Å². The predicted octanol–water partition coefficient (Wildman–Crippen LogP) is 3.51. The largest absolute Gasteiger partial charge is 0.468 e. The fraction of sp³-hybridized carbons (Fsp3) is 0.105. The molecule has 0 fully saturated rings. The molecule has 4 aromatic rings. The van der Waals surface area contributed by atoms with Crippen LogP contribution < -0.4 is 11.4 Å². The number of thioether (sulfide) groups is 1. The zero-order chi connectivity index (χ0) is 19.7. The van der Waals surface area contributed by atoms with E-state index in [9.17, 15) is 9.59 Å². The van der Waals surface area contributed by atoms with E-state index in [4.69, 9.17) is 15.0 Å². The number of aromatic nitrogens is 2. The van der Waals surface area contributed by atoms with Gasteiger partial charge in [0.15, 0.2) is 5.16 Å². The van der Waals surface area contributed by atoms with E-state index in [1.54, 1.807) is 6.07 Å². The van der Waals surface area contributed by atoms with Gasteiger partial charge in [-0.2, -0.15) is 0 Å². The number of esters is 1. The van der Waals surface area contributed by atoms with Crippen molar-refractivity contribution in [2.75, 3.05) is 13.0 Å². The molecule has 0 bridgehead atoms. The topological polar surface area (TPSA) is 100 Å². The maximum Gasteiger partial charge on any atom is 0.341 e. The molecule has 0 aliphatic rings. The molecule has 9 heteroatoms. The van der Waals surface area contributed by atoms with Gasteiger partial charge in [0.1, 0.15) is 16.2 Å². The van der Waals surface area contributed by atoms with Crippen LogP contribution in [0.15, 0.2) is 62.4 Å². The molecular weight excluding hydrogens is 398 g/mol. The number of methoxy groups -OCH3 is 1. The van der Waals surface area contributed by atoms with Crippen LogP contribution in [-0.4, -0.2) is 22.7 Å². The van der Waals surface area contributed by atoms with Crippen molar-refractivity contribution in [3.63, 3.8) is 0 Å². The molecule has 0 radical (unpaired) electrons. The minimum atomic E-state index is -0.483. The maximum atomic E-state index is 12.9. The highest BCUT2D eigenvalue weighted by molar-refractivity contribution is 7.98. The van der Waals surface area contributed by atoms with Gasteiger partial charge in [0.25, 0.3) is 5.56 Å². The number of rotatable bonds is 5. The van der Waals surface area contributed by atoms with Crippen LogP contribution >= 0.6 is 23.1 Å². The van der Waals surface area contributed by atoms with Crippen LogP contribution in [0.4, 0.5) is 0 Å². The number of furan rings is 1. The van der Waals surface area contributed by atoms with Crippen LogP contribution in [0.2, 0.25) is 0 Å². The number of nitrogens with two attached hydrogens (primary N) is 1. The molecule has 0 aliphatic heterocycles. The van der Waals surface area contributed by atoms with E-state index < -0.39 is 5.97 Å². The van der Waals surface area contributed by atoms with Crippen LogP contribution in [0.5, 0.6) is 0 Å². The van der Waals surface area contributed by atoms with Gasteiger partial charge in [-0.25, -0.2) is 14.5 Å². The summed E-state index contributed by atoms with van der Waals surface area (Å²) in [6, 6.07) is 11.2. The Bertz CT molecular complexity index is 1210. The van der Waals surface area contributed by atoms with Crippen molar-refractivity contribution < 1.29 is 13.9 Å². The normalized spacial score (nSPS) is 11.0. The first-order chi connectivity index (χ1) is 13.6. The molecule has 28 heavy (non-hydrogen) atoms. The molecule has 142 valence electrons. The zero-order valence-electron chi connectivity index (χ0n) is 14.7. The molecule has 1 aromatic carbocycles. The maximum absolute atomic E-state index is 12.9. The first-order valence-electron chi connectivity index (χ1n) is 8.22. The van der Waals surface area contributed by atoms with Gasteiger partial charge in [0, 0.05) is 10.9 Å². The van der Waals surface area contributed by atoms with Gasteiger partial charge >= 0.3 is 5.97 Å². The monoisotopic (exact) mass is 413 g/mol. The van der Waals surface area contributed by atoms with Gasteiger partial charge in [-0.15, -0.1) is 11.3 Å². The summed E-state index contributed by atoms with van der Waals surface area (Å²) in [6.07, 6.45) is 1.42. The number of ether oxygens (including phenoxy) is 1. The molecule has 0 spiro atoms. The highest BCUT2D eigenvalue weighted by atomic mass is 32.2. The van der Waals surface area contributed by atoms with E-state index in [1.807, 2.05) is 35.7 Å². The number of fused-ring (bicyclic) bond motifs is 1. The van der Waals surface area contributed by atoms with E-state index >= 15 is 0 Å². The highest BCUT2D eigenvalue weighted by Gasteiger charge is 2.19. The lowest BCUT2D eigenvalue weighted by Crippen LogP contribution is -2.29. The summed E-state index contributed by atoms with van der Waals surface area (Å²) in [6.45, 7) is 0. The van der Waals surface area contributed by atoms with Gasteiger partial charge < -0.3 is 15.0 Å². The SMILES string of the molecule is COC(=O)c1ccoc1CSc1nc2scc(-c3ccccc3)c2c(=O)n1N. The van der Waals surface area contributed by atoms with Gasteiger partial charge in [-0.1, -0.05) is 42.1 Å². The van der Waals surface area contributed by atoms with Crippen LogP contribution in [-0.2, 0) is 10.5 Å². The van der Waals surface area contributed by atoms with E-state index in [0.717, 1.165) is 15.8 Å². The second kappa shape index (κ2) is 7.53. The fourth-order valence-corrected chi connectivity index (χ4v) is 4.65. The third-order valence-corrected chi connectivity index (χ3v) is 6.00. The van der Waals surface area contributed by atoms with Crippen LogP contribution in [0.3, 0.4) is 0 Å². The first kappa shape index (κ1) is 18.3. The van der Waals surface area contributed by atoms with Gasteiger partial charge in [0.2, 0.25) is 0 Å². The molecule has 4 rings (SSSR count). The number of nitrogens with zero attached hydrogens (tertiary/aromatic N) is 2. The molecule has 0 unspecified atom stereocenters. The fourth-order valence-electron chi connectivity index (χ4n) is 2.79. The summed E-state index contributed by atoms with van der Waals surface area (Å²) in [7, 11) is 1.31. The zero-order valence-corrected chi connectivity index (χ0v) is 16.4. The van der Waals surface area contributed by atoms with Gasteiger partial charge in [-0.3, -0.25) is 4.79 Å². The van der Waals surface area contributed by atoms with Crippen molar-refractivity contribution in [1.82, 2.24) is 9.66 Å². The Balaban J connectivity index is 1.69. The van der Waals surface area contributed by atoms with Crippen LogP contribution in [0, 0.1) is 0 Å². The molecule has 0 aliphatic carbocycles. The Hall–Kier alpha value is -3.04. The summed E-state index contributed by atoms with van der Waals surface area (Å²) >= 11 is 2.60. The Morgan fingerprint density at radius 1 is 1.32 bits per heavy atom. The smallest absolute Gasteiger partial charge is 0.341 e. The molecule has 2 N–H and O–H groups in total. The second-order valence-electron chi connectivity index (χ2n) is 5.80. The quantitative estimate of drug-likeness (QED) is 0.231. The number of carbonyl (C=O) groups is 1. The molecule has 0 saturated heterocycles. The molecule has 7 nitrogen and oxygen atoms in total. The molecule has 0 amide bonds. The number of benzene rings is 1. The van der Waals surface area contributed by atoms with Crippen molar-refractivity contribution in [3.05, 3.63) is 69.7 Å². The lowest BCUT2D eigenvalue weighted by atomic mass is 10.1. The summed E-state index contributed by atoms with van der Waals surface area (Å²) in [5.41, 5.74) is 1.77. The minimum Gasteiger partial charge on any atom is -0.468 e. The number of thiophene rings is 1. The Labute approximate surface area is 167 Å². The van der Waals surface area contributed by atoms with E-state index in [1.165, 1.54) is 36.5 Å².